The van der Waals surface area contributed by atoms with Gasteiger partial charge in [-0.1, -0.05) is 6.92 Å². The fourth-order valence-electron chi connectivity index (χ4n) is 2.52. The number of hydrogen-bond donors (Lipinski definition) is 1. The number of methoxy groups -OCH3 is 1. The Morgan fingerprint density at radius 3 is 2.67 bits per heavy atom. The van der Waals surface area contributed by atoms with Crippen LogP contribution in [0.5, 0.6) is 5.75 Å². The Morgan fingerprint density at radius 1 is 1.33 bits per heavy atom. The lowest BCUT2D eigenvalue weighted by Gasteiger charge is -2.32. The summed E-state index contributed by atoms with van der Waals surface area (Å²) in [5.74, 6) is 0.648. The maximum absolute atomic E-state index is 12.8. The van der Waals surface area contributed by atoms with Crippen LogP contribution in [0, 0.1) is 0 Å². The van der Waals surface area contributed by atoms with E-state index in [0.717, 1.165) is 19.4 Å². The molecule has 21 heavy (non-hydrogen) atoms. The molecule has 1 N–H and O–H groups in total. The molecule has 2 unspecified atom stereocenters. The molecule has 1 aromatic carbocycles. The van der Waals surface area contributed by atoms with Crippen molar-refractivity contribution in [3.63, 3.8) is 0 Å². The molecule has 1 aliphatic heterocycles. The Balaban J connectivity index is 2.22. The normalized spacial score (nSPS) is 23.0. The molecular formula is C15H23NO4S. The third-order valence-corrected chi connectivity index (χ3v) is 5.94. The van der Waals surface area contributed by atoms with E-state index in [1.54, 1.807) is 31.4 Å². The summed E-state index contributed by atoms with van der Waals surface area (Å²) >= 11 is 0. The van der Waals surface area contributed by atoms with Crippen LogP contribution in [0.25, 0.3) is 0 Å². The summed E-state index contributed by atoms with van der Waals surface area (Å²) in [6.07, 6.45) is 1.70. The predicted octanol–water partition coefficient (Wildman–Crippen LogP) is 1.63. The van der Waals surface area contributed by atoms with Gasteiger partial charge < -0.3 is 14.8 Å². The van der Waals surface area contributed by atoms with Gasteiger partial charge in [-0.3, -0.25) is 0 Å². The number of benzene rings is 1. The van der Waals surface area contributed by atoms with E-state index in [1.807, 2.05) is 0 Å². The van der Waals surface area contributed by atoms with Gasteiger partial charge in [0.2, 0.25) is 0 Å². The number of hydrogen-bond acceptors (Lipinski definition) is 5. The van der Waals surface area contributed by atoms with Crippen molar-refractivity contribution in [3.05, 3.63) is 24.3 Å². The molecule has 6 heteroatoms. The maximum atomic E-state index is 12.8. The number of ether oxygens (including phenoxy) is 2. The molecule has 1 fully saturated rings. The highest BCUT2D eigenvalue weighted by molar-refractivity contribution is 7.92. The molecule has 2 rings (SSSR count). The zero-order valence-corrected chi connectivity index (χ0v) is 13.4. The Morgan fingerprint density at radius 2 is 2.05 bits per heavy atom. The molecule has 1 heterocycles. The highest BCUT2D eigenvalue weighted by Crippen LogP contribution is 2.24. The number of sulfone groups is 1. The van der Waals surface area contributed by atoms with Crippen LogP contribution in [0.1, 0.15) is 19.8 Å². The van der Waals surface area contributed by atoms with Crippen LogP contribution in [0.3, 0.4) is 0 Å². The van der Waals surface area contributed by atoms with E-state index in [9.17, 15) is 8.42 Å². The van der Waals surface area contributed by atoms with Crippen molar-refractivity contribution in [1.82, 2.24) is 5.32 Å². The van der Waals surface area contributed by atoms with Crippen LogP contribution in [0.4, 0.5) is 0 Å². The Hall–Kier alpha value is -1.11. The van der Waals surface area contributed by atoms with Crippen molar-refractivity contribution in [2.45, 2.75) is 36.0 Å². The second-order valence-electron chi connectivity index (χ2n) is 5.18. The van der Waals surface area contributed by atoms with E-state index in [1.165, 1.54) is 0 Å². The Bertz CT molecular complexity index is 541. The van der Waals surface area contributed by atoms with Gasteiger partial charge in [-0.2, -0.15) is 0 Å². The van der Waals surface area contributed by atoms with E-state index in [0.29, 0.717) is 17.3 Å². The van der Waals surface area contributed by atoms with Crippen molar-refractivity contribution < 1.29 is 17.9 Å². The lowest BCUT2D eigenvalue weighted by molar-refractivity contribution is 0.0808. The van der Waals surface area contributed by atoms with Gasteiger partial charge in [0.1, 0.15) is 11.0 Å². The van der Waals surface area contributed by atoms with Crippen molar-refractivity contribution in [1.29, 1.82) is 0 Å². The molecule has 1 aliphatic rings. The maximum Gasteiger partial charge on any atom is 0.185 e. The van der Waals surface area contributed by atoms with Crippen LogP contribution in [-0.4, -0.2) is 46.6 Å². The summed E-state index contributed by atoms with van der Waals surface area (Å²) in [4.78, 5) is 0.321. The van der Waals surface area contributed by atoms with Crippen LogP contribution < -0.4 is 10.1 Å². The van der Waals surface area contributed by atoms with Gasteiger partial charge >= 0.3 is 0 Å². The molecule has 5 nitrogen and oxygen atoms in total. The summed E-state index contributed by atoms with van der Waals surface area (Å²) in [5, 5.41) is 2.80. The summed E-state index contributed by atoms with van der Waals surface area (Å²) < 4.78 is 36.1. The van der Waals surface area contributed by atoms with Crippen molar-refractivity contribution in [3.8, 4) is 5.75 Å². The first-order valence-corrected chi connectivity index (χ1v) is 8.83. The first-order chi connectivity index (χ1) is 10.1. The summed E-state index contributed by atoms with van der Waals surface area (Å²) in [5.41, 5.74) is 0. The van der Waals surface area contributed by atoms with E-state index in [-0.39, 0.29) is 12.6 Å². The van der Waals surface area contributed by atoms with Crippen LogP contribution >= 0.6 is 0 Å². The van der Waals surface area contributed by atoms with Gasteiger partial charge in [0.05, 0.1) is 18.6 Å². The average molecular weight is 313 g/mol. The standard InChI is InChI=1S/C15H23NO4S/c1-3-9-16-14-8-10-20-11-15(14)21(17,18)13-6-4-12(19-2)5-7-13/h4-7,14-16H,3,8-11H2,1-2H3. The van der Waals surface area contributed by atoms with Gasteiger partial charge in [0.15, 0.2) is 9.84 Å². The van der Waals surface area contributed by atoms with Gasteiger partial charge in [-0.05, 0) is 43.7 Å². The van der Waals surface area contributed by atoms with Crippen LogP contribution in [0.15, 0.2) is 29.2 Å². The minimum atomic E-state index is -3.41. The van der Waals surface area contributed by atoms with E-state index < -0.39 is 15.1 Å². The van der Waals surface area contributed by atoms with Crippen LogP contribution in [0.2, 0.25) is 0 Å². The molecule has 1 aromatic rings. The third-order valence-electron chi connectivity index (χ3n) is 3.75. The number of nitrogens with one attached hydrogen (secondary N) is 1. The molecule has 2 atom stereocenters. The van der Waals surface area contributed by atoms with E-state index >= 15 is 0 Å². The third kappa shape index (κ3) is 3.75. The van der Waals surface area contributed by atoms with Gasteiger partial charge in [0, 0.05) is 12.6 Å². The molecule has 118 valence electrons. The summed E-state index contributed by atoms with van der Waals surface area (Å²) in [6, 6.07) is 6.49. The van der Waals surface area contributed by atoms with Crippen molar-refractivity contribution in [2.24, 2.45) is 0 Å². The Kier molecular flexibility index (Phi) is 5.61. The van der Waals surface area contributed by atoms with Crippen molar-refractivity contribution in [2.75, 3.05) is 26.9 Å². The smallest absolute Gasteiger partial charge is 0.185 e. The van der Waals surface area contributed by atoms with Gasteiger partial charge in [-0.15, -0.1) is 0 Å². The second-order valence-corrected chi connectivity index (χ2v) is 7.35. The molecule has 0 aliphatic carbocycles. The van der Waals surface area contributed by atoms with Crippen LogP contribution in [-0.2, 0) is 14.6 Å². The zero-order valence-electron chi connectivity index (χ0n) is 12.5. The zero-order chi connectivity index (χ0) is 15.3. The average Bonchev–Trinajstić information content (AvgIpc) is 2.53. The highest BCUT2D eigenvalue weighted by Gasteiger charge is 2.36. The minimum Gasteiger partial charge on any atom is -0.497 e. The topological polar surface area (TPSA) is 64.6 Å². The lowest BCUT2D eigenvalue weighted by Crippen LogP contribution is -2.50. The second kappa shape index (κ2) is 7.24. The Labute approximate surface area is 126 Å². The summed E-state index contributed by atoms with van der Waals surface area (Å²) in [6.45, 7) is 3.74. The quantitative estimate of drug-likeness (QED) is 0.865. The molecule has 0 spiro atoms. The largest absolute Gasteiger partial charge is 0.497 e. The van der Waals surface area contributed by atoms with Crippen molar-refractivity contribution >= 4 is 9.84 Å². The molecular weight excluding hydrogens is 290 g/mol. The first-order valence-electron chi connectivity index (χ1n) is 7.28. The van der Waals surface area contributed by atoms with E-state index in [2.05, 4.69) is 12.2 Å². The fourth-order valence-corrected chi connectivity index (χ4v) is 4.33. The molecule has 0 aromatic heterocycles. The molecule has 0 amide bonds. The molecule has 1 saturated heterocycles. The minimum absolute atomic E-state index is 0.0502. The number of rotatable bonds is 6. The predicted molar refractivity (Wildman–Crippen MR) is 81.5 cm³/mol. The van der Waals surface area contributed by atoms with E-state index in [4.69, 9.17) is 9.47 Å². The molecule has 0 saturated carbocycles. The summed E-state index contributed by atoms with van der Waals surface area (Å²) in [7, 11) is -1.85. The van der Waals surface area contributed by atoms with Gasteiger partial charge in [0.25, 0.3) is 0 Å². The monoisotopic (exact) mass is 313 g/mol. The van der Waals surface area contributed by atoms with Gasteiger partial charge in [-0.25, -0.2) is 8.42 Å². The SMILES string of the molecule is CCCNC1CCOCC1S(=O)(=O)c1ccc(OC)cc1. The molecule has 0 bridgehead atoms. The fraction of sp³-hybridized carbons (Fsp3) is 0.600. The highest BCUT2D eigenvalue weighted by atomic mass is 32.2. The first kappa shape index (κ1) is 16.3. The molecule has 0 radical (unpaired) electrons. The lowest BCUT2D eigenvalue weighted by atomic mass is 10.1.